The van der Waals surface area contributed by atoms with Crippen molar-refractivity contribution in [2.45, 2.75) is 28.6 Å². The van der Waals surface area contributed by atoms with Crippen LogP contribution >= 0.6 is 11.8 Å². The Morgan fingerprint density at radius 3 is 2.79 bits per heavy atom. The quantitative estimate of drug-likeness (QED) is 0.811. The number of rotatable bonds is 1. The molecule has 0 aromatic heterocycles. The average molecular weight is 278 g/mol. The number of anilines is 1. The Hall–Kier alpha value is -1.04. The number of carbonyl (C=O) groups excluding carboxylic acids is 1. The molecule has 1 aromatic rings. The first-order valence-electron chi connectivity index (χ1n) is 6.58. The third-order valence-corrected chi connectivity index (χ3v) is 5.46. The van der Waals surface area contributed by atoms with Gasteiger partial charge in [0.15, 0.2) is 0 Å². The minimum absolute atomic E-state index is 0.00750. The highest BCUT2D eigenvalue weighted by Gasteiger charge is 2.46. The highest BCUT2D eigenvalue weighted by Crippen LogP contribution is 2.44. The number of nitrogens with one attached hydrogen (secondary N) is 1. The molecule has 0 bridgehead atoms. The zero-order valence-corrected chi connectivity index (χ0v) is 11.7. The Morgan fingerprint density at radius 1 is 1.37 bits per heavy atom. The lowest BCUT2D eigenvalue weighted by atomic mass is 9.88. The highest BCUT2D eigenvalue weighted by molar-refractivity contribution is 8.01. The number of amides is 1. The smallest absolute Gasteiger partial charge is 0.243 e. The molecule has 1 unspecified atom stereocenters. The predicted molar refractivity (Wildman–Crippen MR) is 76.6 cm³/mol. The molecule has 19 heavy (non-hydrogen) atoms. The number of aliphatic hydroxyl groups is 1. The van der Waals surface area contributed by atoms with Gasteiger partial charge in [-0.05, 0) is 38.1 Å². The van der Waals surface area contributed by atoms with Crippen molar-refractivity contribution >= 4 is 23.4 Å². The van der Waals surface area contributed by atoms with Crippen molar-refractivity contribution in [1.82, 2.24) is 5.32 Å². The maximum atomic E-state index is 12.5. The molecule has 1 amide bonds. The van der Waals surface area contributed by atoms with Crippen molar-refractivity contribution in [3.63, 3.8) is 0 Å². The van der Waals surface area contributed by atoms with E-state index in [2.05, 4.69) is 5.32 Å². The van der Waals surface area contributed by atoms with Crippen LogP contribution in [0.25, 0.3) is 0 Å². The van der Waals surface area contributed by atoms with Crippen LogP contribution in [0.1, 0.15) is 12.8 Å². The van der Waals surface area contributed by atoms with Crippen molar-refractivity contribution in [3.05, 3.63) is 24.3 Å². The third kappa shape index (κ3) is 2.16. The Morgan fingerprint density at radius 2 is 2.05 bits per heavy atom. The molecule has 1 aromatic carbocycles. The van der Waals surface area contributed by atoms with Gasteiger partial charge in [-0.1, -0.05) is 12.1 Å². The zero-order chi connectivity index (χ0) is 13.5. The SMILES string of the molecule is CN1C(=O)C(C2(O)CCNCC2)Sc2ccccc21. The first-order chi connectivity index (χ1) is 9.12. The van der Waals surface area contributed by atoms with Crippen LogP contribution in [0.3, 0.4) is 0 Å². The van der Waals surface area contributed by atoms with Crippen molar-refractivity contribution in [2.75, 3.05) is 25.0 Å². The van der Waals surface area contributed by atoms with Crippen molar-refractivity contribution in [1.29, 1.82) is 0 Å². The van der Waals surface area contributed by atoms with Gasteiger partial charge < -0.3 is 15.3 Å². The van der Waals surface area contributed by atoms with E-state index in [0.717, 1.165) is 23.7 Å². The second kappa shape index (κ2) is 4.81. The van der Waals surface area contributed by atoms with Crippen molar-refractivity contribution in [3.8, 4) is 0 Å². The summed E-state index contributed by atoms with van der Waals surface area (Å²) in [7, 11) is 1.79. The van der Waals surface area contributed by atoms with Crippen LogP contribution in [0.15, 0.2) is 29.2 Å². The van der Waals surface area contributed by atoms with E-state index in [-0.39, 0.29) is 5.91 Å². The Kier molecular flexibility index (Phi) is 3.28. The molecule has 2 heterocycles. The van der Waals surface area contributed by atoms with Crippen LogP contribution in [0.5, 0.6) is 0 Å². The van der Waals surface area contributed by atoms with Crippen LogP contribution in [-0.4, -0.2) is 42.0 Å². The number of nitrogens with zero attached hydrogens (tertiary/aromatic N) is 1. The van der Waals surface area contributed by atoms with Crippen LogP contribution < -0.4 is 10.2 Å². The predicted octanol–water partition coefficient (Wildman–Crippen LogP) is 1.24. The van der Waals surface area contributed by atoms with E-state index in [4.69, 9.17) is 0 Å². The van der Waals surface area contributed by atoms with Gasteiger partial charge in [0.1, 0.15) is 5.25 Å². The summed E-state index contributed by atoms with van der Waals surface area (Å²) in [6.45, 7) is 1.54. The fourth-order valence-electron chi connectivity index (χ4n) is 2.77. The second-order valence-corrected chi connectivity index (χ2v) is 6.36. The molecule has 3 rings (SSSR count). The Bertz CT molecular complexity index is 500. The van der Waals surface area contributed by atoms with Crippen molar-refractivity contribution in [2.24, 2.45) is 0 Å². The van der Waals surface area contributed by atoms with Gasteiger partial charge in [-0.15, -0.1) is 11.8 Å². The molecular weight excluding hydrogens is 260 g/mol. The first kappa shape index (κ1) is 13.0. The fraction of sp³-hybridized carbons (Fsp3) is 0.500. The summed E-state index contributed by atoms with van der Waals surface area (Å²) >= 11 is 1.51. The first-order valence-corrected chi connectivity index (χ1v) is 7.46. The molecule has 2 aliphatic heterocycles. The topological polar surface area (TPSA) is 52.6 Å². The monoisotopic (exact) mass is 278 g/mol. The van der Waals surface area contributed by atoms with E-state index in [1.165, 1.54) is 11.8 Å². The van der Waals surface area contributed by atoms with Crippen LogP contribution in [0, 0.1) is 0 Å². The molecule has 4 nitrogen and oxygen atoms in total. The van der Waals surface area contributed by atoms with Crippen LogP contribution in [0.2, 0.25) is 0 Å². The lowest BCUT2D eigenvalue weighted by Gasteiger charge is -2.42. The molecule has 0 radical (unpaired) electrons. The van der Waals surface area contributed by atoms with E-state index in [0.29, 0.717) is 12.8 Å². The number of benzene rings is 1. The average Bonchev–Trinajstić information content (AvgIpc) is 2.43. The van der Waals surface area contributed by atoms with Gasteiger partial charge in [0.05, 0.1) is 11.3 Å². The minimum atomic E-state index is -0.894. The molecule has 5 heteroatoms. The number of hydrogen-bond acceptors (Lipinski definition) is 4. The van der Waals surface area contributed by atoms with Gasteiger partial charge in [-0.2, -0.15) is 0 Å². The van der Waals surface area contributed by atoms with E-state index < -0.39 is 10.9 Å². The molecule has 1 saturated heterocycles. The van der Waals surface area contributed by atoms with Gasteiger partial charge in [-0.25, -0.2) is 0 Å². The fourth-order valence-corrected chi connectivity index (χ4v) is 4.22. The summed E-state index contributed by atoms with van der Waals surface area (Å²) < 4.78 is 0. The summed E-state index contributed by atoms with van der Waals surface area (Å²) in [5.74, 6) is 0.00750. The summed E-state index contributed by atoms with van der Waals surface area (Å²) in [5.41, 5.74) is 0.0423. The summed E-state index contributed by atoms with van der Waals surface area (Å²) in [6.07, 6.45) is 1.26. The van der Waals surface area contributed by atoms with E-state index >= 15 is 0 Å². The van der Waals surface area contributed by atoms with Gasteiger partial charge >= 0.3 is 0 Å². The van der Waals surface area contributed by atoms with Crippen LogP contribution in [0.4, 0.5) is 5.69 Å². The molecule has 1 fully saturated rings. The number of hydrogen-bond donors (Lipinski definition) is 2. The molecule has 1 atom stereocenters. The van der Waals surface area contributed by atoms with E-state index in [1.54, 1.807) is 11.9 Å². The number of thioether (sulfide) groups is 1. The Labute approximate surface area is 117 Å². The van der Waals surface area contributed by atoms with E-state index in [1.807, 2.05) is 24.3 Å². The van der Waals surface area contributed by atoms with Crippen LogP contribution in [-0.2, 0) is 4.79 Å². The van der Waals surface area contributed by atoms with Gasteiger partial charge in [0.2, 0.25) is 5.91 Å². The number of piperidine rings is 1. The highest BCUT2D eigenvalue weighted by atomic mass is 32.2. The molecule has 0 spiro atoms. The number of carbonyl (C=O) groups is 1. The largest absolute Gasteiger partial charge is 0.388 e. The summed E-state index contributed by atoms with van der Waals surface area (Å²) in [5, 5.41) is 13.6. The normalized spacial score (nSPS) is 26.1. The lowest BCUT2D eigenvalue weighted by Crippen LogP contribution is -2.56. The minimum Gasteiger partial charge on any atom is -0.388 e. The van der Waals surface area contributed by atoms with Gasteiger partial charge in [0.25, 0.3) is 0 Å². The van der Waals surface area contributed by atoms with Crippen molar-refractivity contribution < 1.29 is 9.90 Å². The van der Waals surface area contributed by atoms with Gasteiger partial charge in [0, 0.05) is 11.9 Å². The number of fused-ring (bicyclic) bond motifs is 1. The molecule has 2 aliphatic rings. The molecule has 0 saturated carbocycles. The molecule has 102 valence electrons. The summed E-state index contributed by atoms with van der Waals surface area (Å²) in [4.78, 5) is 15.3. The molecule has 2 N–H and O–H groups in total. The maximum Gasteiger partial charge on any atom is 0.243 e. The van der Waals surface area contributed by atoms with Gasteiger partial charge in [-0.3, -0.25) is 4.79 Å². The summed E-state index contributed by atoms with van der Waals surface area (Å²) in [6, 6.07) is 7.87. The Balaban J connectivity index is 1.94. The van der Waals surface area contributed by atoms with E-state index in [9.17, 15) is 9.90 Å². The lowest BCUT2D eigenvalue weighted by molar-refractivity contribution is -0.123. The second-order valence-electron chi connectivity index (χ2n) is 5.22. The standard InChI is InChI=1S/C14H18N2O2S/c1-16-10-4-2-3-5-11(10)19-12(13(16)17)14(18)6-8-15-9-7-14/h2-5,12,15,18H,6-9H2,1H3. The third-order valence-electron chi connectivity index (χ3n) is 3.98. The molecule has 0 aliphatic carbocycles. The number of para-hydroxylation sites is 1. The maximum absolute atomic E-state index is 12.5. The molecular formula is C14H18N2O2S. The zero-order valence-electron chi connectivity index (χ0n) is 10.9.